The number of hydrogen-bond donors (Lipinski definition) is 1. The van der Waals surface area contributed by atoms with Crippen molar-refractivity contribution in [3.63, 3.8) is 0 Å². The SMILES string of the molecule is CCCOP(=O)(OCCC)[C@@H](NC(=O)c1cc(OC)c(OC)c(OC)c1)c1ccccc1. The molecule has 1 atom stereocenters. The molecule has 0 aliphatic heterocycles. The fourth-order valence-electron chi connectivity index (χ4n) is 3.02. The van der Waals surface area contributed by atoms with Crippen molar-refractivity contribution >= 4 is 13.5 Å². The first-order valence-electron chi connectivity index (χ1n) is 10.5. The van der Waals surface area contributed by atoms with Crippen molar-refractivity contribution in [3.8, 4) is 17.2 Å². The highest BCUT2D eigenvalue weighted by Crippen LogP contribution is 2.60. The minimum atomic E-state index is -3.73. The molecular weight excluding hydrogens is 433 g/mol. The van der Waals surface area contributed by atoms with E-state index < -0.39 is 19.3 Å². The summed E-state index contributed by atoms with van der Waals surface area (Å²) < 4.78 is 41.2. The van der Waals surface area contributed by atoms with Gasteiger partial charge >= 0.3 is 7.60 Å². The van der Waals surface area contributed by atoms with Gasteiger partial charge in [0.05, 0.1) is 34.5 Å². The maximum absolute atomic E-state index is 13.8. The number of nitrogens with one attached hydrogen (secondary N) is 1. The molecule has 0 saturated heterocycles. The molecule has 0 radical (unpaired) electrons. The fourth-order valence-corrected chi connectivity index (χ4v) is 5.08. The summed E-state index contributed by atoms with van der Waals surface area (Å²) in [5.74, 6) is -0.442. The second kappa shape index (κ2) is 12.5. The second-order valence-electron chi connectivity index (χ2n) is 6.91. The van der Waals surface area contributed by atoms with E-state index in [9.17, 15) is 9.36 Å². The summed E-state index contributed by atoms with van der Waals surface area (Å²) in [6.45, 7) is 4.31. The highest BCUT2D eigenvalue weighted by Gasteiger charge is 2.39. The van der Waals surface area contributed by atoms with Crippen LogP contribution >= 0.6 is 7.60 Å². The van der Waals surface area contributed by atoms with Gasteiger partial charge < -0.3 is 28.6 Å². The van der Waals surface area contributed by atoms with Gasteiger partial charge in [0.15, 0.2) is 17.3 Å². The van der Waals surface area contributed by atoms with Gasteiger partial charge in [-0.2, -0.15) is 0 Å². The molecular formula is C23H32NO7P. The number of carbonyl (C=O) groups excluding carboxylic acids is 1. The van der Waals surface area contributed by atoms with Crippen LogP contribution in [0.3, 0.4) is 0 Å². The van der Waals surface area contributed by atoms with Crippen LogP contribution in [0.2, 0.25) is 0 Å². The zero-order valence-corrected chi connectivity index (χ0v) is 20.1. The van der Waals surface area contributed by atoms with E-state index in [1.165, 1.54) is 33.5 Å². The van der Waals surface area contributed by atoms with Gasteiger partial charge in [0, 0.05) is 5.56 Å². The molecule has 9 heteroatoms. The third-order valence-electron chi connectivity index (χ3n) is 4.58. The van der Waals surface area contributed by atoms with E-state index in [1.54, 1.807) is 24.3 Å². The Balaban J connectivity index is 2.48. The summed E-state index contributed by atoms with van der Waals surface area (Å²) in [5, 5.41) is 2.84. The van der Waals surface area contributed by atoms with Crippen molar-refractivity contribution in [1.82, 2.24) is 5.32 Å². The van der Waals surface area contributed by atoms with Gasteiger partial charge in [0.25, 0.3) is 5.91 Å². The van der Waals surface area contributed by atoms with Gasteiger partial charge in [0.1, 0.15) is 0 Å². The van der Waals surface area contributed by atoms with E-state index in [-0.39, 0.29) is 18.8 Å². The third kappa shape index (κ3) is 6.25. The molecule has 2 aromatic carbocycles. The Morgan fingerprint density at radius 2 is 1.44 bits per heavy atom. The van der Waals surface area contributed by atoms with Crippen LogP contribution in [-0.4, -0.2) is 40.5 Å². The van der Waals surface area contributed by atoms with Crippen LogP contribution < -0.4 is 19.5 Å². The van der Waals surface area contributed by atoms with Crippen molar-refractivity contribution in [3.05, 3.63) is 53.6 Å². The van der Waals surface area contributed by atoms with Crippen LogP contribution in [0, 0.1) is 0 Å². The van der Waals surface area contributed by atoms with Crippen LogP contribution in [0.1, 0.15) is 48.4 Å². The average Bonchev–Trinajstić information content (AvgIpc) is 2.84. The Bertz CT molecular complexity index is 883. The average molecular weight is 465 g/mol. The minimum Gasteiger partial charge on any atom is -0.493 e. The molecule has 8 nitrogen and oxygen atoms in total. The lowest BCUT2D eigenvalue weighted by Crippen LogP contribution is -2.30. The predicted octanol–water partition coefficient (Wildman–Crippen LogP) is 5.19. The predicted molar refractivity (Wildman–Crippen MR) is 123 cm³/mol. The summed E-state index contributed by atoms with van der Waals surface area (Å²) in [6, 6.07) is 12.1. The number of amides is 1. The number of carbonyl (C=O) groups is 1. The first kappa shape index (κ1) is 25.7. The Kier molecular flexibility index (Phi) is 10.0. The van der Waals surface area contributed by atoms with Crippen LogP contribution in [0.5, 0.6) is 17.2 Å². The molecule has 1 N–H and O–H groups in total. The molecule has 0 aromatic heterocycles. The number of hydrogen-bond acceptors (Lipinski definition) is 7. The Morgan fingerprint density at radius 3 is 1.88 bits per heavy atom. The lowest BCUT2D eigenvalue weighted by atomic mass is 10.1. The van der Waals surface area contributed by atoms with Crippen molar-refractivity contribution in [2.75, 3.05) is 34.5 Å². The molecule has 0 fully saturated rings. The standard InChI is InChI=1S/C23H32NO7P/c1-6-13-30-32(26,31-14-7-2)23(17-11-9-8-10-12-17)24-22(25)18-15-19(27-3)21(29-5)20(16-18)28-4/h8-12,15-16,23H,6-7,13-14H2,1-5H3,(H,24,25)/t23-/m1/s1. The van der Waals surface area contributed by atoms with Gasteiger partial charge in [-0.25, -0.2) is 0 Å². The fraction of sp³-hybridized carbons (Fsp3) is 0.435. The molecule has 0 unspecified atom stereocenters. The third-order valence-corrected chi connectivity index (χ3v) is 6.72. The summed E-state index contributed by atoms with van der Waals surface area (Å²) in [4.78, 5) is 13.3. The first-order valence-corrected chi connectivity index (χ1v) is 12.1. The zero-order valence-electron chi connectivity index (χ0n) is 19.3. The molecule has 32 heavy (non-hydrogen) atoms. The zero-order chi connectivity index (χ0) is 23.6. The summed E-state index contributed by atoms with van der Waals surface area (Å²) in [7, 11) is 0.692. The van der Waals surface area contributed by atoms with Crippen LogP contribution in [0.4, 0.5) is 0 Å². The molecule has 1 amide bonds. The van der Waals surface area contributed by atoms with E-state index in [0.717, 1.165) is 0 Å². The highest BCUT2D eigenvalue weighted by atomic mass is 31.2. The summed E-state index contributed by atoms with van der Waals surface area (Å²) in [6.07, 6.45) is 1.31. The Labute approximate surface area is 189 Å². The topological polar surface area (TPSA) is 92.3 Å². The largest absolute Gasteiger partial charge is 0.493 e. The van der Waals surface area contributed by atoms with Gasteiger partial charge in [-0.15, -0.1) is 0 Å². The van der Waals surface area contributed by atoms with Crippen LogP contribution in [0.15, 0.2) is 42.5 Å². The molecule has 2 aromatic rings. The molecule has 0 heterocycles. The quantitative estimate of drug-likeness (QED) is 0.407. The van der Waals surface area contributed by atoms with Crippen molar-refractivity contribution in [2.45, 2.75) is 32.5 Å². The van der Waals surface area contributed by atoms with Crippen molar-refractivity contribution in [1.29, 1.82) is 0 Å². The Hall–Kier alpha value is -2.54. The smallest absolute Gasteiger partial charge is 0.357 e. The molecule has 0 aliphatic rings. The van der Waals surface area contributed by atoms with E-state index in [2.05, 4.69) is 5.32 Å². The van der Waals surface area contributed by atoms with Crippen LogP contribution in [-0.2, 0) is 13.6 Å². The number of rotatable bonds is 13. The molecule has 0 spiro atoms. The highest BCUT2D eigenvalue weighted by molar-refractivity contribution is 7.54. The molecule has 0 saturated carbocycles. The minimum absolute atomic E-state index is 0.240. The maximum atomic E-state index is 13.8. The molecule has 176 valence electrons. The van der Waals surface area contributed by atoms with Crippen LogP contribution in [0.25, 0.3) is 0 Å². The van der Waals surface area contributed by atoms with Gasteiger partial charge in [-0.05, 0) is 30.5 Å². The monoisotopic (exact) mass is 465 g/mol. The van der Waals surface area contributed by atoms with E-state index in [0.29, 0.717) is 35.7 Å². The van der Waals surface area contributed by atoms with E-state index in [4.69, 9.17) is 23.3 Å². The number of ether oxygens (including phenoxy) is 3. The number of methoxy groups -OCH3 is 3. The molecule has 0 bridgehead atoms. The first-order chi connectivity index (χ1) is 15.4. The lowest BCUT2D eigenvalue weighted by Gasteiger charge is -2.28. The number of benzene rings is 2. The summed E-state index contributed by atoms with van der Waals surface area (Å²) >= 11 is 0. The van der Waals surface area contributed by atoms with E-state index >= 15 is 0 Å². The molecule has 0 aliphatic carbocycles. The van der Waals surface area contributed by atoms with Gasteiger partial charge in [-0.3, -0.25) is 9.36 Å². The van der Waals surface area contributed by atoms with Gasteiger partial charge in [0.2, 0.25) is 5.75 Å². The maximum Gasteiger partial charge on any atom is 0.357 e. The lowest BCUT2D eigenvalue weighted by molar-refractivity contribution is 0.0935. The summed E-state index contributed by atoms with van der Waals surface area (Å²) in [5.41, 5.74) is 0.863. The van der Waals surface area contributed by atoms with Gasteiger partial charge in [-0.1, -0.05) is 44.2 Å². The molecule has 2 rings (SSSR count). The van der Waals surface area contributed by atoms with Crippen molar-refractivity contribution in [2.24, 2.45) is 0 Å². The Morgan fingerprint density at radius 1 is 0.906 bits per heavy atom. The second-order valence-corrected chi connectivity index (χ2v) is 9.02. The normalized spacial score (nSPS) is 12.2. The van der Waals surface area contributed by atoms with Crippen molar-refractivity contribution < 1.29 is 32.6 Å². The van der Waals surface area contributed by atoms with E-state index in [1.807, 2.05) is 19.9 Å².